The van der Waals surface area contributed by atoms with Crippen molar-refractivity contribution in [2.75, 3.05) is 33.3 Å². The van der Waals surface area contributed by atoms with E-state index in [1.807, 2.05) is 0 Å². The van der Waals surface area contributed by atoms with Crippen LogP contribution in [0.2, 0.25) is 0 Å². The van der Waals surface area contributed by atoms with E-state index in [0.29, 0.717) is 7.11 Å². The van der Waals surface area contributed by atoms with Crippen LogP contribution in [-0.4, -0.2) is 57.2 Å². The maximum atomic E-state index is 13.6. The molecule has 0 saturated carbocycles. The predicted molar refractivity (Wildman–Crippen MR) is 91.2 cm³/mol. The van der Waals surface area contributed by atoms with Crippen LogP contribution in [0.3, 0.4) is 0 Å². The van der Waals surface area contributed by atoms with Gasteiger partial charge in [0.15, 0.2) is 0 Å². The molecular formula is C17H22F3NO7. The molecule has 2 N–H and O–H groups in total. The Balaban J connectivity index is 3.56. The Morgan fingerprint density at radius 1 is 1.14 bits per heavy atom. The second kappa shape index (κ2) is 9.00. The summed E-state index contributed by atoms with van der Waals surface area (Å²) < 4.78 is 59.6. The third-order valence-corrected chi connectivity index (χ3v) is 3.81. The van der Waals surface area contributed by atoms with Crippen molar-refractivity contribution in [3.8, 4) is 11.5 Å². The van der Waals surface area contributed by atoms with Gasteiger partial charge in [0.25, 0.3) is 5.60 Å². The van der Waals surface area contributed by atoms with Crippen molar-refractivity contribution in [3.05, 3.63) is 17.7 Å². The molecule has 2 unspecified atom stereocenters. The second-order valence-electron chi connectivity index (χ2n) is 5.57. The van der Waals surface area contributed by atoms with Crippen LogP contribution in [-0.2, 0) is 24.7 Å². The van der Waals surface area contributed by atoms with E-state index in [-0.39, 0.29) is 18.0 Å². The number of halogens is 3. The van der Waals surface area contributed by atoms with E-state index in [9.17, 15) is 27.9 Å². The zero-order valence-electron chi connectivity index (χ0n) is 16.0. The standard InChI is InChI=1S/C17H22F3NO7/c1-6-28-14(22)9(2)21-11-8-12(25-3)10(7-13(11)26-4)16(24,15(23)27-5)17(18,19)20/h7-9,21,24H,6H2,1-5H3. The molecule has 0 amide bonds. The van der Waals surface area contributed by atoms with Gasteiger partial charge < -0.3 is 29.4 Å². The number of hydrogen-bond donors (Lipinski definition) is 2. The number of benzene rings is 1. The van der Waals surface area contributed by atoms with E-state index in [4.69, 9.17) is 14.2 Å². The molecule has 0 radical (unpaired) electrons. The number of rotatable bonds is 8. The lowest BCUT2D eigenvalue weighted by atomic mass is 9.91. The first-order valence-electron chi connectivity index (χ1n) is 8.05. The number of anilines is 1. The van der Waals surface area contributed by atoms with Crippen molar-refractivity contribution in [3.63, 3.8) is 0 Å². The molecule has 0 aliphatic heterocycles. The monoisotopic (exact) mass is 409 g/mol. The number of alkyl halides is 3. The van der Waals surface area contributed by atoms with E-state index in [1.165, 1.54) is 6.92 Å². The summed E-state index contributed by atoms with van der Waals surface area (Å²) >= 11 is 0. The number of nitrogens with one attached hydrogen (secondary N) is 1. The van der Waals surface area contributed by atoms with Gasteiger partial charge in [-0.3, -0.25) is 0 Å². The van der Waals surface area contributed by atoms with Gasteiger partial charge in [0.2, 0.25) is 0 Å². The molecular weight excluding hydrogens is 387 g/mol. The fraction of sp³-hybridized carbons (Fsp3) is 0.529. The lowest BCUT2D eigenvalue weighted by Gasteiger charge is -2.30. The molecule has 0 heterocycles. The van der Waals surface area contributed by atoms with Crippen molar-refractivity contribution in [1.29, 1.82) is 0 Å². The molecule has 0 aromatic heterocycles. The molecule has 1 aromatic rings. The smallest absolute Gasteiger partial charge is 0.432 e. The van der Waals surface area contributed by atoms with Crippen LogP contribution in [0, 0.1) is 0 Å². The molecule has 0 aliphatic carbocycles. The average Bonchev–Trinajstić information content (AvgIpc) is 2.65. The highest BCUT2D eigenvalue weighted by Crippen LogP contribution is 2.46. The van der Waals surface area contributed by atoms with Gasteiger partial charge in [-0.2, -0.15) is 13.2 Å². The fourth-order valence-corrected chi connectivity index (χ4v) is 2.38. The van der Waals surface area contributed by atoms with Crippen LogP contribution < -0.4 is 14.8 Å². The molecule has 11 heteroatoms. The lowest BCUT2D eigenvalue weighted by molar-refractivity contribution is -0.267. The highest BCUT2D eigenvalue weighted by atomic mass is 19.4. The van der Waals surface area contributed by atoms with Gasteiger partial charge in [-0.15, -0.1) is 0 Å². The average molecular weight is 409 g/mol. The highest BCUT2D eigenvalue weighted by molar-refractivity contribution is 5.85. The first kappa shape index (κ1) is 23.3. The Morgan fingerprint density at radius 3 is 2.14 bits per heavy atom. The molecule has 0 saturated heterocycles. The van der Waals surface area contributed by atoms with Crippen molar-refractivity contribution in [1.82, 2.24) is 0 Å². The zero-order chi connectivity index (χ0) is 21.7. The summed E-state index contributed by atoms with van der Waals surface area (Å²) in [5.41, 5.74) is -4.84. The number of aliphatic hydroxyl groups is 1. The van der Waals surface area contributed by atoms with Gasteiger partial charge in [-0.1, -0.05) is 0 Å². The molecule has 28 heavy (non-hydrogen) atoms. The van der Waals surface area contributed by atoms with E-state index in [0.717, 1.165) is 26.4 Å². The topological polar surface area (TPSA) is 103 Å². The lowest BCUT2D eigenvalue weighted by Crippen LogP contribution is -2.50. The molecule has 158 valence electrons. The minimum Gasteiger partial charge on any atom is -0.496 e. The fourth-order valence-electron chi connectivity index (χ4n) is 2.38. The number of esters is 2. The summed E-state index contributed by atoms with van der Waals surface area (Å²) in [5, 5.41) is 12.9. The Bertz CT molecular complexity index is 723. The molecule has 1 rings (SSSR count). The first-order chi connectivity index (χ1) is 13.0. The molecule has 2 atom stereocenters. The Labute approximate surface area is 159 Å². The maximum Gasteiger partial charge on any atom is 0.432 e. The Kier molecular flexibility index (Phi) is 7.51. The molecule has 8 nitrogen and oxygen atoms in total. The molecule has 0 spiro atoms. The summed E-state index contributed by atoms with van der Waals surface area (Å²) in [6.45, 7) is 3.23. The van der Waals surface area contributed by atoms with Gasteiger partial charge in [0, 0.05) is 6.07 Å². The van der Waals surface area contributed by atoms with Crippen LogP contribution in [0.4, 0.5) is 18.9 Å². The van der Waals surface area contributed by atoms with Gasteiger partial charge in [-0.25, -0.2) is 9.59 Å². The van der Waals surface area contributed by atoms with Gasteiger partial charge >= 0.3 is 18.1 Å². The molecule has 0 aliphatic rings. The second-order valence-corrected chi connectivity index (χ2v) is 5.57. The van der Waals surface area contributed by atoms with E-state index >= 15 is 0 Å². The highest BCUT2D eigenvalue weighted by Gasteiger charge is 2.63. The number of hydrogen-bond acceptors (Lipinski definition) is 8. The number of carbonyl (C=O) groups is 2. The van der Waals surface area contributed by atoms with Crippen molar-refractivity contribution in [2.45, 2.75) is 31.7 Å². The minimum absolute atomic E-state index is 0.0815. The van der Waals surface area contributed by atoms with Crippen molar-refractivity contribution < 1.29 is 46.8 Å². The van der Waals surface area contributed by atoms with Crippen molar-refractivity contribution >= 4 is 17.6 Å². The molecule has 0 bridgehead atoms. The quantitative estimate of drug-likeness (QED) is 0.629. The first-order valence-corrected chi connectivity index (χ1v) is 8.05. The summed E-state index contributed by atoms with van der Waals surface area (Å²) in [4.78, 5) is 23.6. The summed E-state index contributed by atoms with van der Waals surface area (Å²) in [7, 11) is 2.92. The third kappa shape index (κ3) is 4.41. The van der Waals surface area contributed by atoms with Crippen LogP contribution >= 0.6 is 0 Å². The van der Waals surface area contributed by atoms with Gasteiger partial charge in [0.05, 0.1) is 39.2 Å². The largest absolute Gasteiger partial charge is 0.496 e. The van der Waals surface area contributed by atoms with Gasteiger partial charge in [-0.05, 0) is 19.9 Å². The van der Waals surface area contributed by atoms with Gasteiger partial charge in [0.1, 0.15) is 17.5 Å². The van der Waals surface area contributed by atoms with Crippen LogP contribution in [0.25, 0.3) is 0 Å². The predicted octanol–water partition coefficient (Wildman–Crippen LogP) is 1.99. The van der Waals surface area contributed by atoms with Crippen LogP contribution in [0.5, 0.6) is 11.5 Å². The minimum atomic E-state index is -5.41. The summed E-state index contributed by atoms with van der Waals surface area (Å²) in [5.74, 6) is -3.21. The van der Waals surface area contributed by atoms with Crippen LogP contribution in [0.1, 0.15) is 19.4 Å². The Morgan fingerprint density at radius 2 is 1.71 bits per heavy atom. The van der Waals surface area contributed by atoms with Crippen LogP contribution in [0.15, 0.2) is 12.1 Å². The van der Waals surface area contributed by atoms with E-state index in [2.05, 4.69) is 10.1 Å². The number of methoxy groups -OCH3 is 3. The molecule has 0 fully saturated rings. The summed E-state index contributed by atoms with van der Waals surface area (Å²) in [6, 6.07) is 0.971. The maximum absolute atomic E-state index is 13.6. The summed E-state index contributed by atoms with van der Waals surface area (Å²) in [6.07, 6.45) is -5.41. The third-order valence-electron chi connectivity index (χ3n) is 3.81. The SMILES string of the molecule is CCOC(=O)C(C)Nc1cc(OC)c(C(O)(C(=O)OC)C(F)(F)F)cc1OC. The van der Waals surface area contributed by atoms with E-state index in [1.54, 1.807) is 6.92 Å². The number of ether oxygens (including phenoxy) is 4. The zero-order valence-corrected chi connectivity index (χ0v) is 16.0. The molecule has 1 aromatic carbocycles. The van der Waals surface area contributed by atoms with Crippen molar-refractivity contribution in [2.24, 2.45) is 0 Å². The normalized spacial score (nSPS) is 14.5. The number of carbonyl (C=O) groups excluding carboxylic acids is 2. The Hall–Kier alpha value is -2.69. The van der Waals surface area contributed by atoms with E-state index < -0.39 is 41.1 Å².